The van der Waals surface area contributed by atoms with Gasteiger partial charge in [-0.15, -0.1) is 16.4 Å². The van der Waals surface area contributed by atoms with Crippen LogP contribution in [0.15, 0.2) is 30.5 Å². The fourth-order valence-electron chi connectivity index (χ4n) is 4.87. The maximum Gasteiger partial charge on any atom is 0.261 e. The van der Waals surface area contributed by atoms with Gasteiger partial charge in [-0.3, -0.25) is 9.59 Å². The van der Waals surface area contributed by atoms with Gasteiger partial charge in [0, 0.05) is 49.9 Å². The van der Waals surface area contributed by atoms with E-state index in [0.717, 1.165) is 62.6 Å². The van der Waals surface area contributed by atoms with Gasteiger partial charge in [0.1, 0.15) is 0 Å². The van der Waals surface area contributed by atoms with Gasteiger partial charge in [0.05, 0.1) is 17.4 Å². The fourth-order valence-corrected chi connectivity index (χ4v) is 5.95. The maximum atomic E-state index is 12.8. The molecule has 0 radical (unpaired) electrons. The Labute approximate surface area is 191 Å². The van der Waals surface area contributed by atoms with E-state index in [9.17, 15) is 9.59 Å². The summed E-state index contributed by atoms with van der Waals surface area (Å²) in [5.41, 5.74) is 0. The van der Waals surface area contributed by atoms with Crippen molar-refractivity contribution in [2.24, 2.45) is 5.92 Å². The molecule has 170 valence electrons. The minimum atomic E-state index is 0.00101. The van der Waals surface area contributed by atoms with E-state index >= 15 is 0 Å². The van der Waals surface area contributed by atoms with Gasteiger partial charge in [-0.1, -0.05) is 0 Å². The summed E-state index contributed by atoms with van der Waals surface area (Å²) in [7, 11) is 0. The molecule has 5 rings (SSSR count). The van der Waals surface area contributed by atoms with Crippen molar-refractivity contribution in [3.05, 3.63) is 40.2 Å². The van der Waals surface area contributed by atoms with Crippen LogP contribution in [0.3, 0.4) is 0 Å². The molecule has 2 aromatic rings. The number of hydrogen-bond acceptors (Lipinski definition) is 7. The average Bonchev–Trinajstić information content (AvgIpc) is 3.61. The molecule has 0 bridgehead atoms. The third kappa shape index (κ3) is 4.63. The molecule has 3 saturated heterocycles. The van der Waals surface area contributed by atoms with Gasteiger partial charge in [0.2, 0.25) is 5.91 Å². The van der Waals surface area contributed by atoms with Crippen LogP contribution in [0.25, 0.3) is 0 Å². The second-order valence-corrected chi connectivity index (χ2v) is 9.96. The van der Waals surface area contributed by atoms with Gasteiger partial charge in [0.25, 0.3) is 5.91 Å². The lowest BCUT2D eigenvalue weighted by Crippen LogP contribution is -2.41. The second kappa shape index (κ2) is 9.54. The SMILES string of the molecule is O=C(NC1CCN(c2cccnn2)C1)c1ccc(C2CCN(C(=O)C3CCOC3)CC2)s1. The molecule has 2 atom stereocenters. The van der Waals surface area contributed by atoms with E-state index < -0.39 is 0 Å². The van der Waals surface area contributed by atoms with Crippen molar-refractivity contribution in [1.29, 1.82) is 0 Å². The summed E-state index contributed by atoms with van der Waals surface area (Å²) in [6, 6.07) is 7.98. The van der Waals surface area contributed by atoms with Gasteiger partial charge < -0.3 is 19.9 Å². The van der Waals surface area contributed by atoms with E-state index in [1.54, 1.807) is 17.5 Å². The first-order chi connectivity index (χ1) is 15.7. The number of carbonyl (C=O) groups is 2. The Kier molecular flexibility index (Phi) is 6.36. The highest BCUT2D eigenvalue weighted by molar-refractivity contribution is 7.14. The summed E-state index contributed by atoms with van der Waals surface area (Å²) in [5.74, 6) is 1.57. The zero-order chi connectivity index (χ0) is 21.9. The number of amides is 2. The van der Waals surface area contributed by atoms with Crippen LogP contribution >= 0.6 is 11.3 Å². The van der Waals surface area contributed by atoms with E-state index in [-0.39, 0.29) is 23.8 Å². The molecular formula is C23H29N5O3S. The van der Waals surface area contributed by atoms with Crippen LogP contribution in [-0.4, -0.2) is 72.3 Å². The van der Waals surface area contributed by atoms with Crippen LogP contribution in [0.2, 0.25) is 0 Å². The van der Waals surface area contributed by atoms with Gasteiger partial charge in [-0.2, -0.15) is 5.10 Å². The molecule has 1 N–H and O–H groups in total. The Bertz CT molecular complexity index is 938. The molecule has 2 unspecified atom stereocenters. The fraction of sp³-hybridized carbons (Fsp3) is 0.565. The molecule has 0 saturated carbocycles. The Morgan fingerprint density at radius 1 is 1.09 bits per heavy atom. The monoisotopic (exact) mass is 455 g/mol. The van der Waals surface area contributed by atoms with Crippen molar-refractivity contribution in [1.82, 2.24) is 20.4 Å². The van der Waals surface area contributed by atoms with Crippen molar-refractivity contribution in [2.75, 3.05) is 44.3 Å². The summed E-state index contributed by atoms with van der Waals surface area (Å²) >= 11 is 1.59. The highest BCUT2D eigenvalue weighted by Gasteiger charge is 2.32. The Balaban J connectivity index is 1.12. The standard InChI is InChI=1S/C23H29N5O3S/c29-22(25-18-7-12-28(14-18)21-2-1-9-24-26-21)20-4-3-19(32-20)16-5-10-27(11-6-16)23(30)17-8-13-31-15-17/h1-4,9,16-18H,5-8,10-15H2,(H,25,29). The Morgan fingerprint density at radius 3 is 2.72 bits per heavy atom. The summed E-state index contributed by atoms with van der Waals surface area (Å²) in [6.07, 6.45) is 5.32. The lowest BCUT2D eigenvalue weighted by atomic mass is 9.94. The number of piperidine rings is 1. The molecule has 2 aromatic heterocycles. The maximum absolute atomic E-state index is 12.8. The van der Waals surface area contributed by atoms with E-state index in [2.05, 4.69) is 26.5 Å². The molecule has 32 heavy (non-hydrogen) atoms. The molecule has 0 aliphatic carbocycles. The molecule has 0 aromatic carbocycles. The lowest BCUT2D eigenvalue weighted by Gasteiger charge is -2.33. The first kappa shape index (κ1) is 21.3. The summed E-state index contributed by atoms with van der Waals surface area (Å²) in [6.45, 7) is 4.47. The lowest BCUT2D eigenvalue weighted by molar-refractivity contribution is -0.136. The molecule has 0 spiro atoms. The normalized spacial score (nSPS) is 24.1. The number of hydrogen-bond donors (Lipinski definition) is 1. The van der Waals surface area contributed by atoms with Crippen LogP contribution in [0.4, 0.5) is 5.82 Å². The average molecular weight is 456 g/mol. The third-order valence-electron chi connectivity index (χ3n) is 6.74. The van der Waals surface area contributed by atoms with Crippen molar-refractivity contribution in [2.45, 2.75) is 37.6 Å². The molecule has 8 nitrogen and oxygen atoms in total. The Hall–Kier alpha value is -2.52. The molecular weight excluding hydrogens is 426 g/mol. The molecule has 3 aliphatic rings. The zero-order valence-corrected chi connectivity index (χ0v) is 18.9. The van der Waals surface area contributed by atoms with Crippen LogP contribution in [0, 0.1) is 5.92 Å². The number of anilines is 1. The van der Waals surface area contributed by atoms with Gasteiger partial charge in [-0.05, 0) is 55.9 Å². The number of nitrogens with zero attached hydrogens (tertiary/aromatic N) is 4. The quantitative estimate of drug-likeness (QED) is 0.744. The zero-order valence-electron chi connectivity index (χ0n) is 18.1. The van der Waals surface area contributed by atoms with Crippen LogP contribution < -0.4 is 10.2 Å². The van der Waals surface area contributed by atoms with Crippen molar-refractivity contribution < 1.29 is 14.3 Å². The van der Waals surface area contributed by atoms with Crippen molar-refractivity contribution >= 4 is 29.0 Å². The minimum absolute atomic E-state index is 0.00101. The highest BCUT2D eigenvalue weighted by atomic mass is 32.1. The number of carbonyl (C=O) groups excluding carboxylic acids is 2. The molecule has 2 amide bonds. The number of nitrogens with one attached hydrogen (secondary N) is 1. The van der Waals surface area contributed by atoms with Gasteiger partial charge >= 0.3 is 0 Å². The van der Waals surface area contributed by atoms with Crippen molar-refractivity contribution in [3.8, 4) is 0 Å². The predicted molar refractivity (Wildman–Crippen MR) is 122 cm³/mol. The summed E-state index contributed by atoms with van der Waals surface area (Å²) in [4.78, 5) is 31.6. The van der Waals surface area contributed by atoms with E-state index in [4.69, 9.17) is 4.74 Å². The van der Waals surface area contributed by atoms with Gasteiger partial charge in [0.15, 0.2) is 5.82 Å². The predicted octanol–water partition coefficient (Wildman–Crippen LogP) is 2.29. The number of thiophene rings is 1. The first-order valence-corrected chi connectivity index (χ1v) is 12.3. The summed E-state index contributed by atoms with van der Waals surface area (Å²) < 4.78 is 5.37. The molecule has 5 heterocycles. The topological polar surface area (TPSA) is 87.7 Å². The first-order valence-electron chi connectivity index (χ1n) is 11.5. The number of likely N-dealkylation sites (tertiary alicyclic amines) is 1. The van der Waals surface area contributed by atoms with Gasteiger partial charge in [-0.25, -0.2) is 0 Å². The van der Waals surface area contributed by atoms with E-state index in [0.29, 0.717) is 19.1 Å². The van der Waals surface area contributed by atoms with Crippen LogP contribution in [0.1, 0.15) is 46.2 Å². The number of rotatable bonds is 5. The number of ether oxygens (including phenoxy) is 1. The number of aromatic nitrogens is 2. The smallest absolute Gasteiger partial charge is 0.261 e. The minimum Gasteiger partial charge on any atom is -0.381 e. The molecule has 9 heteroatoms. The van der Waals surface area contributed by atoms with Crippen molar-refractivity contribution in [3.63, 3.8) is 0 Å². The van der Waals surface area contributed by atoms with Crippen LogP contribution in [0.5, 0.6) is 0 Å². The largest absolute Gasteiger partial charge is 0.381 e. The third-order valence-corrected chi connectivity index (χ3v) is 7.99. The summed E-state index contributed by atoms with van der Waals surface area (Å²) in [5, 5.41) is 11.3. The highest BCUT2D eigenvalue weighted by Crippen LogP contribution is 2.34. The molecule has 3 aliphatic heterocycles. The second-order valence-electron chi connectivity index (χ2n) is 8.85. The molecule has 3 fully saturated rings. The Morgan fingerprint density at radius 2 is 1.97 bits per heavy atom. The van der Waals surface area contributed by atoms with Crippen LogP contribution in [-0.2, 0) is 9.53 Å². The van der Waals surface area contributed by atoms with E-state index in [1.807, 2.05) is 23.1 Å². The van der Waals surface area contributed by atoms with E-state index in [1.165, 1.54) is 4.88 Å².